The standard InChI is InChI=1S/C13H17ClO3/c1-15-8-9-4-3-5-10(6-9)17-12-7-11(14)13(12)16-2/h3-6,11-13H,7-8H2,1-2H3. The van der Waals surface area contributed by atoms with E-state index in [0.29, 0.717) is 6.61 Å². The van der Waals surface area contributed by atoms with E-state index in [1.165, 1.54) is 0 Å². The highest BCUT2D eigenvalue weighted by molar-refractivity contribution is 6.21. The molecular weight excluding hydrogens is 240 g/mol. The molecular formula is C13H17ClO3. The fourth-order valence-corrected chi connectivity index (χ4v) is 2.43. The minimum absolute atomic E-state index is 0.0113. The number of hydrogen-bond acceptors (Lipinski definition) is 3. The lowest BCUT2D eigenvalue weighted by Gasteiger charge is -2.39. The van der Waals surface area contributed by atoms with Crippen molar-refractivity contribution < 1.29 is 14.2 Å². The molecule has 2 rings (SSSR count). The van der Waals surface area contributed by atoms with Crippen LogP contribution in [-0.4, -0.2) is 31.8 Å². The average Bonchev–Trinajstić information content (AvgIpc) is 2.30. The van der Waals surface area contributed by atoms with Gasteiger partial charge in [0.1, 0.15) is 18.0 Å². The van der Waals surface area contributed by atoms with Crippen LogP contribution in [-0.2, 0) is 16.1 Å². The van der Waals surface area contributed by atoms with Crippen LogP contribution in [0.3, 0.4) is 0 Å². The Morgan fingerprint density at radius 2 is 2.18 bits per heavy atom. The normalized spacial score (nSPS) is 27.6. The van der Waals surface area contributed by atoms with Crippen LogP contribution in [0.5, 0.6) is 5.75 Å². The zero-order chi connectivity index (χ0) is 12.3. The molecule has 1 aliphatic rings. The lowest BCUT2D eigenvalue weighted by molar-refractivity contribution is -0.0584. The molecule has 1 aliphatic carbocycles. The lowest BCUT2D eigenvalue weighted by Crippen LogP contribution is -2.52. The summed E-state index contributed by atoms with van der Waals surface area (Å²) in [5, 5.41) is 0.0622. The largest absolute Gasteiger partial charge is 0.488 e. The highest BCUT2D eigenvalue weighted by Gasteiger charge is 2.42. The molecule has 0 aliphatic heterocycles. The highest BCUT2D eigenvalue weighted by atomic mass is 35.5. The van der Waals surface area contributed by atoms with Gasteiger partial charge in [-0.05, 0) is 17.7 Å². The molecule has 0 radical (unpaired) electrons. The van der Waals surface area contributed by atoms with Crippen molar-refractivity contribution in [2.75, 3.05) is 14.2 Å². The van der Waals surface area contributed by atoms with Crippen molar-refractivity contribution in [2.24, 2.45) is 0 Å². The molecule has 0 spiro atoms. The minimum atomic E-state index is -0.0113. The molecule has 3 nitrogen and oxygen atoms in total. The maximum Gasteiger partial charge on any atom is 0.128 e. The Hall–Kier alpha value is -0.770. The number of benzene rings is 1. The van der Waals surface area contributed by atoms with Gasteiger partial charge in [0.15, 0.2) is 0 Å². The van der Waals surface area contributed by atoms with Gasteiger partial charge in [-0.25, -0.2) is 0 Å². The van der Waals surface area contributed by atoms with Crippen molar-refractivity contribution in [3.63, 3.8) is 0 Å². The SMILES string of the molecule is COCc1cccc(OC2CC(Cl)C2OC)c1. The van der Waals surface area contributed by atoms with Gasteiger partial charge in [-0.1, -0.05) is 12.1 Å². The number of rotatable bonds is 5. The lowest BCUT2D eigenvalue weighted by atomic mass is 9.91. The van der Waals surface area contributed by atoms with Crippen molar-refractivity contribution in [3.05, 3.63) is 29.8 Å². The molecule has 1 fully saturated rings. The predicted molar refractivity (Wildman–Crippen MR) is 66.6 cm³/mol. The number of alkyl halides is 1. The van der Waals surface area contributed by atoms with Gasteiger partial charge in [-0.2, -0.15) is 0 Å². The van der Waals surface area contributed by atoms with E-state index in [1.807, 2.05) is 24.3 Å². The fraction of sp³-hybridized carbons (Fsp3) is 0.538. The van der Waals surface area contributed by atoms with E-state index >= 15 is 0 Å². The van der Waals surface area contributed by atoms with Gasteiger partial charge in [0.2, 0.25) is 0 Å². The smallest absolute Gasteiger partial charge is 0.128 e. The van der Waals surface area contributed by atoms with Crippen LogP contribution in [0.1, 0.15) is 12.0 Å². The first-order valence-corrected chi connectivity index (χ1v) is 6.09. The van der Waals surface area contributed by atoms with Gasteiger partial charge in [0.25, 0.3) is 0 Å². The molecule has 0 saturated heterocycles. The average molecular weight is 257 g/mol. The third-order valence-electron chi connectivity index (χ3n) is 2.95. The number of hydrogen-bond donors (Lipinski definition) is 0. The summed E-state index contributed by atoms with van der Waals surface area (Å²) in [4.78, 5) is 0. The van der Waals surface area contributed by atoms with Crippen LogP contribution < -0.4 is 4.74 Å². The Bertz CT molecular complexity index is 369. The zero-order valence-corrected chi connectivity index (χ0v) is 10.8. The summed E-state index contributed by atoms with van der Waals surface area (Å²) in [6.07, 6.45) is 0.872. The molecule has 0 aromatic heterocycles. The summed E-state index contributed by atoms with van der Waals surface area (Å²) < 4.78 is 16.2. The van der Waals surface area contributed by atoms with Crippen molar-refractivity contribution in [3.8, 4) is 5.75 Å². The van der Waals surface area contributed by atoms with Gasteiger partial charge in [0, 0.05) is 20.6 Å². The molecule has 1 aromatic rings. The number of methoxy groups -OCH3 is 2. The van der Waals surface area contributed by atoms with Gasteiger partial charge in [0.05, 0.1) is 12.0 Å². The summed E-state index contributed by atoms with van der Waals surface area (Å²) in [7, 11) is 3.34. The molecule has 1 aromatic carbocycles. The molecule has 0 bridgehead atoms. The van der Waals surface area contributed by atoms with Crippen molar-refractivity contribution in [1.29, 1.82) is 0 Å². The van der Waals surface area contributed by atoms with Gasteiger partial charge in [-0.3, -0.25) is 0 Å². The minimum Gasteiger partial charge on any atom is -0.488 e. The van der Waals surface area contributed by atoms with Gasteiger partial charge >= 0.3 is 0 Å². The Labute approximate surface area is 107 Å². The Morgan fingerprint density at radius 1 is 1.35 bits per heavy atom. The molecule has 3 atom stereocenters. The Balaban J connectivity index is 1.97. The Morgan fingerprint density at radius 3 is 2.82 bits per heavy atom. The van der Waals surface area contributed by atoms with Crippen LogP contribution >= 0.6 is 11.6 Å². The highest BCUT2D eigenvalue weighted by Crippen LogP contribution is 2.32. The van der Waals surface area contributed by atoms with E-state index < -0.39 is 0 Å². The summed E-state index contributed by atoms with van der Waals surface area (Å²) in [5.74, 6) is 0.843. The van der Waals surface area contributed by atoms with E-state index in [2.05, 4.69) is 0 Å². The Kier molecular flexibility index (Phi) is 4.26. The third-order valence-corrected chi connectivity index (χ3v) is 3.38. The van der Waals surface area contributed by atoms with Crippen LogP contribution in [0.25, 0.3) is 0 Å². The molecule has 1 saturated carbocycles. The number of ether oxygens (including phenoxy) is 3. The van der Waals surface area contributed by atoms with Crippen molar-refractivity contribution in [1.82, 2.24) is 0 Å². The second-order valence-electron chi connectivity index (χ2n) is 4.19. The molecule has 94 valence electrons. The monoisotopic (exact) mass is 256 g/mol. The molecule has 0 N–H and O–H groups in total. The topological polar surface area (TPSA) is 27.7 Å². The summed E-state index contributed by atoms with van der Waals surface area (Å²) >= 11 is 6.03. The molecule has 4 heteroatoms. The van der Waals surface area contributed by atoms with Crippen LogP contribution in [0.15, 0.2) is 24.3 Å². The van der Waals surface area contributed by atoms with E-state index in [4.69, 9.17) is 25.8 Å². The molecule has 3 unspecified atom stereocenters. The van der Waals surface area contributed by atoms with E-state index in [0.717, 1.165) is 17.7 Å². The second kappa shape index (κ2) is 5.71. The van der Waals surface area contributed by atoms with Crippen LogP contribution in [0, 0.1) is 0 Å². The van der Waals surface area contributed by atoms with E-state index in [1.54, 1.807) is 14.2 Å². The van der Waals surface area contributed by atoms with Crippen molar-refractivity contribution in [2.45, 2.75) is 30.6 Å². The quantitative estimate of drug-likeness (QED) is 0.758. The fourth-order valence-electron chi connectivity index (χ4n) is 1.99. The summed E-state index contributed by atoms with van der Waals surface area (Å²) in [6, 6.07) is 7.89. The first-order valence-electron chi connectivity index (χ1n) is 5.66. The molecule has 0 amide bonds. The van der Waals surface area contributed by atoms with Crippen LogP contribution in [0.2, 0.25) is 0 Å². The first-order chi connectivity index (χ1) is 8.24. The maximum atomic E-state index is 6.03. The second-order valence-corrected chi connectivity index (χ2v) is 4.75. The summed E-state index contributed by atoms with van der Waals surface area (Å²) in [6.45, 7) is 0.591. The van der Waals surface area contributed by atoms with Crippen molar-refractivity contribution >= 4 is 11.6 Å². The first kappa shape index (κ1) is 12.7. The van der Waals surface area contributed by atoms with Crippen LogP contribution in [0.4, 0.5) is 0 Å². The maximum absolute atomic E-state index is 6.03. The van der Waals surface area contributed by atoms with E-state index in [-0.39, 0.29) is 17.6 Å². The van der Waals surface area contributed by atoms with E-state index in [9.17, 15) is 0 Å². The molecule has 0 heterocycles. The van der Waals surface area contributed by atoms with Gasteiger partial charge in [-0.15, -0.1) is 11.6 Å². The van der Waals surface area contributed by atoms with Gasteiger partial charge < -0.3 is 14.2 Å². The number of halogens is 1. The molecule has 17 heavy (non-hydrogen) atoms. The zero-order valence-electron chi connectivity index (χ0n) is 10.1. The summed E-state index contributed by atoms with van der Waals surface area (Å²) in [5.41, 5.74) is 1.10. The third kappa shape index (κ3) is 2.92. The predicted octanol–water partition coefficient (Wildman–Crippen LogP) is 2.61.